The highest BCUT2D eigenvalue weighted by Crippen LogP contribution is 1.84. The van der Waals surface area contributed by atoms with Gasteiger partial charge in [-0.3, -0.25) is 0 Å². The maximum absolute atomic E-state index is 5.33. The monoisotopic (exact) mass is 274 g/mol. The van der Waals surface area contributed by atoms with Gasteiger partial charge in [0.2, 0.25) is 0 Å². The third kappa shape index (κ3) is 17.4. The summed E-state index contributed by atoms with van der Waals surface area (Å²) in [6, 6.07) is 0. The summed E-state index contributed by atoms with van der Waals surface area (Å²) in [6.07, 6.45) is 6.07. The Morgan fingerprint density at radius 2 is 1.00 bits per heavy atom. The molecule has 0 amide bonds. The van der Waals surface area contributed by atoms with Crippen LogP contribution >= 0.6 is 0 Å². The van der Waals surface area contributed by atoms with Gasteiger partial charge in [0.25, 0.3) is 0 Å². The molecule has 0 bridgehead atoms. The second-order valence-electron chi connectivity index (χ2n) is 3.71. The smallest absolute Gasteiger partial charge is 0.107 e. The van der Waals surface area contributed by atoms with E-state index in [9.17, 15) is 0 Å². The van der Waals surface area contributed by atoms with Gasteiger partial charge in [0.15, 0.2) is 0 Å². The molecule has 112 valence electrons. The highest BCUT2D eigenvalue weighted by Gasteiger charge is 1.92. The second kappa shape index (κ2) is 17.4. The van der Waals surface area contributed by atoms with Crippen molar-refractivity contribution in [3.63, 3.8) is 0 Å². The summed E-state index contributed by atoms with van der Waals surface area (Å²) in [6.45, 7) is 7.80. The van der Waals surface area contributed by atoms with E-state index in [2.05, 4.69) is 12.8 Å². The minimum Gasteiger partial charge on any atom is -0.379 e. The van der Waals surface area contributed by atoms with E-state index >= 15 is 0 Å². The fraction of sp³-hybridized carbons (Fsp3) is 0.857. The third-order valence-electron chi connectivity index (χ3n) is 2.02. The molecule has 0 aromatic carbocycles. The second-order valence-corrected chi connectivity index (χ2v) is 3.71. The van der Waals surface area contributed by atoms with Crippen LogP contribution in [0.3, 0.4) is 0 Å². The first-order valence-corrected chi connectivity index (χ1v) is 6.74. The molecular formula is C14H26O5. The lowest BCUT2D eigenvalue weighted by Gasteiger charge is -2.07. The van der Waals surface area contributed by atoms with E-state index in [4.69, 9.17) is 30.1 Å². The summed E-state index contributed by atoms with van der Waals surface area (Å²) in [5, 5.41) is 0. The van der Waals surface area contributed by atoms with Crippen LogP contribution in [0.25, 0.3) is 0 Å². The molecule has 0 saturated heterocycles. The van der Waals surface area contributed by atoms with Crippen LogP contribution in [0.4, 0.5) is 0 Å². The molecule has 0 aliphatic carbocycles. The first-order chi connectivity index (χ1) is 9.41. The summed E-state index contributed by atoms with van der Waals surface area (Å²) in [4.78, 5) is 0. The molecule has 0 spiro atoms. The van der Waals surface area contributed by atoms with Crippen LogP contribution in [-0.2, 0) is 23.7 Å². The molecule has 0 aliphatic heterocycles. The van der Waals surface area contributed by atoms with Gasteiger partial charge in [0.1, 0.15) is 6.61 Å². The van der Waals surface area contributed by atoms with Crippen molar-refractivity contribution in [1.29, 1.82) is 0 Å². The van der Waals surface area contributed by atoms with Gasteiger partial charge in [-0.25, -0.2) is 0 Å². The van der Waals surface area contributed by atoms with E-state index < -0.39 is 0 Å². The Bertz CT molecular complexity index is 203. The van der Waals surface area contributed by atoms with Gasteiger partial charge < -0.3 is 23.7 Å². The summed E-state index contributed by atoms with van der Waals surface area (Å²) in [7, 11) is 0. The summed E-state index contributed by atoms with van der Waals surface area (Å²) in [5.41, 5.74) is 0. The molecule has 0 radical (unpaired) electrons. The predicted molar refractivity (Wildman–Crippen MR) is 73.2 cm³/mol. The van der Waals surface area contributed by atoms with Crippen molar-refractivity contribution in [1.82, 2.24) is 0 Å². The molecule has 19 heavy (non-hydrogen) atoms. The van der Waals surface area contributed by atoms with E-state index in [1.807, 2.05) is 0 Å². The van der Waals surface area contributed by atoms with Gasteiger partial charge in [-0.15, -0.1) is 6.42 Å². The Morgan fingerprint density at radius 3 is 1.37 bits per heavy atom. The van der Waals surface area contributed by atoms with Gasteiger partial charge in [0.05, 0.1) is 52.9 Å². The molecule has 0 atom stereocenters. The lowest BCUT2D eigenvalue weighted by Crippen LogP contribution is -2.13. The first-order valence-electron chi connectivity index (χ1n) is 6.74. The van der Waals surface area contributed by atoms with Crippen molar-refractivity contribution in [2.45, 2.75) is 13.3 Å². The van der Waals surface area contributed by atoms with Crippen LogP contribution in [0.15, 0.2) is 0 Å². The fourth-order valence-electron chi connectivity index (χ4n) is 1.16. The largest absolute Gasteiger partial charge is 0.379 e. The Balaban J connectivity index is 2.90. The molecule has 0 rings (SSSR count). The Kier molecular flexibility index (Phi) is 16.8. The van der Waals surface area contributed by atoms with Crippen LogP contribution in [0.2, 0.25) is 0 Å². The molecule has 0 N–H and O–H groups in total. The highest BCUT2D eigenvalue weighted by atomic mass is 16.6. The average Bonchev–Trinajstić information content (AvgIpc) is 2.43. The van der Waals surface area contributed by atoms with Crippen LogP contribution in [0.1, 0.15) is 13.3 Å². The molecule has 0 heterocycles. The van der Waals surface area contributed by atoms with Crippen LogP contribution in [-0.4, -0.2) is 66.1 Å². The van der Waals surface area contributed by atoms with E-state index in [1.165, 1.54) is 0 Å². The van der Waals surface area contributed by atoms with Crippen molar-refractivity contribution in [3.05, 3.63) is 0 Å². The van der Waals surface area contributed by atoms with E-state index in [-0.39, 0.29) is 0 Å². The summed E-state index contributed by atoms with van der Waals surface area (Å²) >= 11 is 0. The SMILES string of the molecule is C#CCOCCOCCOCCOCCOCCC. The van der Waals surface area contributed by atoms with Gasteiger partial charge >= 0.3 is 0 Å². The lowest BCUT2D eigenvalue weighted by molar-refractivity contribution is -0.00907. The van der Waals surface area contributed by atoms with Crippen LogP contribution < -0.4 is 0 Å². The lowest BCUT2D eigenvalue weighted by atomic mass is 10.5. The number of hydrogen-bond donors (Lipinski definition) is 0. The molecule has 5 nitrogen and oxygen atoms in total. The van der Waals surface area contributed by atoms with Gasteiger partial charge in [-0.1, -0.05) is 12.8 Å². The van der Waals surface area contributed by atoms with Crippen molar-refractivity contribution >= 4 is 0 Å². The molecule has 0 aromatic heterocycles. The maximum Gasteiger partial charge on any atom is 0.107 e. The minimum atomic E-state index is 0.333. The minimum absolute atomic E-state index is 0.333. The van der Waals surface area contributed by atoms with E-state index in [1.54, 1.807) is 0 Å². The first kappa shape index (κ1) is 18.4. The maximum atomic E-state index is 5.33. The zero-order chi connectivity index (χ0) is 14.0. The Labute approximate surface area is 116 Å². The third-order valence-corrected chi connectivity index (χ3v) is 2.02. The Morgan fingerprint density at radius 1 is 0.632 bits per heavy atom. The van der Waals surface area contributed by atoms with Crippen molar-refractivity contribution in [3.8, 4) is 12.3 Å². The zero-order valence-corrected chi connectivity index (χ0v) is 11.9. The molecule has 0 saturated carbocycles. The molecule has 0 aliphatic rings. The van der Waals surface area contributed by atoms with Crippen molar-refractivity contribution in [2.24, 2.45) is 0 Å². The number of ether oxygens (including phenoxy) is 5. The molecule has 5 heteroatoms. The number of terminal acetylenes is 1. The predicted octanol–water partition coefficient (Wildman–Crippen LogP) is 1.11. The topological polar surface area (TPSA) is 46.2 Å². The van der Waals surface area contributed by atoms with Crippen LogP contribution in [0, 0.1) is 12.3 Å². The average molecular weight is 274 g/mol. The molecule has 0 unspecified atom stereocenters. The summed E-state index contributed by atoms with van der Waals surface area (Å²) < 4.78 is 26.2. The molecule has 0 fully saturated rings. The van der Waals surface area contributed by atoms with Gasteiger partial charge in [-0.05, 0) is 6.42 Å². The van der Waals surface area contributed by atoms with Crippen LogP contribution in [0.5, 0.6) is 0 Å². The summed E-state index contributed by atoms with van der Waals surface area (Å²) in [5.74, 6) is 2.39. The fourth-order valence-corrected chi connectivity index (χ4v) is 1.16. The quantitative estimate of drug-likeness (QED) is 0.331. The molecular weight excluding hydrogens is 248 g/mol. The Hall–Kier alpha value is -0.640. The van der Waals surface area contributed by atoms with E-state index in [0.29, 0.717) is 59.5 Å². The van der Waals surface area contributed by atoms with Gasteiger partial charge in [-0.2, -0.15) is 0 Å². The highest BCUT2D eigenvalue weighted by molar-refractivity contribution is 4.82. The van der Waals surface area contributed by atoms with Gasteiger partial charge in [0, 0.05) is 6.61 Å². The molecule has 0 aromatic rings. The zero-order valence-electron chi connectivity index (χ0n) is 11.9. The van der Waals surface area contributed by atoms with Crippen molar-refractivity contribution < 1.29 is 23.7 Å². The van der Waals surface area contributed by atoms with Crippen molar-refractivity contribution in [2.75, 3.05) is 66.1 Å². The normalized spacial score (nSPS) is 10.5. The van der Waals surface area contributed by atoms with E-state index in [0.717, 1.165) is 13.0 Å². The number of hydrogen-bond acceptors (Lipinski definition) is 5. The standard InChI is InChI=1S/C14H26O5/c1-3-5-15-7-9-17-11-13-19-14-12-18-10-8-16-6-4-2/h1H,4-14H2,2H3. The number of rotatable bonds is 15.